The molecule has 9 heteroatoms. The lowest BCUT2D eigenvalue weighted by molar-refractivity contribution is 0.415. The van der Waals surface area contributed by atoms with Gasteiger partial charge in [-0.25, -0.2) is 9.97 Å². The first-order chi connectivity index (χ1) is 18.1. The molecule has 1 aliphatic heterocycles. The van der Waals surface area contributed by atoms with E-state index in [1.165, 1.54) is 0 Å². The Kier molecular flexibility index (Phi) is 6.32. The quantitative estimate of drug-likeness (QED) is 0.258. The van der Waals surface area contributed by atoms with Crippen molar-refractivity contribution >= 4 is 68.1 Å². The molecule has 186 valence electrons. The molecule has 0 unspecified atom stereocenters. The fourth-order valence-corrected chi connectivity index (χ4v) is 5.02. The Hall–Kier alpha value is -3.81. The molecule has 0 radical (unpaired) electrons. The molecule has 6 rings (SSSR count). The number of benzene rings is 3. The smallest absolute Gasteiger partial charge is 0.227 e. The third-order valence-corrected chi connectivity index (χ3v) is 7.04. The monoisotopic (exact) mass is 530 g/mol. The van der Waals surface area contributed by atoms with E-state index in [2.05, 4.69) is 32.2 Å². The Morgan fingerprint density at radius 2 is 1.51 bits per heavy atom. The normalized spacial score (nSPS) is 13.8. The minimum atomic E-state index is 0.674. The standard InChI is InChI=1S/C28H24Cl2N6O/c1-37-21-7-9-24-23(17-21)27(22-8-4-19(30)16-25(22)33-24)35-12-14-36(15-13-35)28-31-11-10-26(34-28)32-20-5-2-18(29)3-6-20/h2-11,16-17H,12-15H2,1H3,(H,31,32,34). The van der Waals surface area contributed by atoms with Crippen molar-refractivity contribution < 1.29 is 4.74 Å². The van der Waals surface area contributed by atoms with E-state index in [-0.39, 0.29) is 0 Å². The number of hydrogen-bond acceptors (Lipinski definition) is 7. The van der Waals surface area contributed by atoms with E-state index in [1.54, 1.807) is 13.3 Å². The second-order valence-corrected chi connectivity index (χ2v) is 9.73. The highest BCUT2D eigenvalue weighted by Crippen LogP contribution is 2.37. The van der Waals surface area contributed by atoms with E-state index in [0.29, 0.717) is 16.0 Å². The second kappa shape index (κ2) is 9.92. The van der Waals surface area contributed by atoms with Gasteiger partial charge in [0.05, 0.1) is 23.8 Å². The number of anilines is 4. The van der Waals surface area contributed by atoms with Gasteiger partial charge in [0, 0.05) is 58.9 Å². The van der Waals surface area contributed by atoms with Crippen LogP contribution in [0.2, 0.25) is 10.0 Å². The minimum Gasteiger partial charge on any atom is -0.497 e. The molecule has 0 atom stereocenters. The molecule has 0 spiro atoms. The van der Waals surface area contributed by atoms with Gasteiger partial charge in [-0.3, -0.25) is 0 Å². The van der Waals surface area contributed by atoms with Crippen LogP contribution >= 0.6 is 23.2 Å². The number of nitrogens with zero attached hydrogens (tertiary/aromatic N) is 5. The molecule has 0 saturated carbocycles. The highest BCUT2D eigenvalue weighted by atomic mass is 35.5. The average Bonchev–Trinajstić information content (AvgIpc) is 2.93. The van der Waals surface area contributed by atoms with Gasteiger partial charge >= 0.3 is 0 Å². The van der Waals surface area contributed by atoms with Crippen LogP contribution in [0.1, 0.15) is 0 Å². The Balaban J connectivity index is 1.27. The summed E-state index contributed by atoms with van der Waals surface area (Å²) in [5.41, 5.74) is 3.87. The van der Waals surface area contributed by atoms with Crippen molar-refractivity contribution in [1.29, 1.82) is 0 Å². The van der Waals surface area contributed by atoms with Gasteiger partial charge in [-0.2, -0.15) is 4.98 Å². The van der Waals surface area contributed by atoms with Gasteiger partial charge in [-0.15, -0.1) is 0 Å². The maximum Gasteiger partial charge on any atom is 0.227 e. The van der Waals surface area contributed by atoms with Gasteiger partial charge < -0.3 is 19.9 Å². The third kappa shape index (κ3) is 4.80. The highest BCUT2D eigenvalue weighted by Gasteiger charge is 2.23. The fraction of sp³-hybridized carbons (Fsp3) is 0.179. The molecule has 2 aromatic heterocycles. The van der Waals surface area contributed by atoms with Crippen LogP contribution in [0.3, 0.4) is 0 Å². The zero-order chi connectivity index (χ0) is 25.4. The molecule has 1 saturated heterocycles. The summed E-state index contributed by atoms with van der Waals surface area (Å²) in [6.07, 6.45) is 1.78. The number of hydrogen-bond donors (Lipinski definition) is 1. The van der Waals surface area contributed by atoms with Crippen molar-refractivity contribution in [2.24, 2.45) is 0 Å². The molecule has 3 heterocycles. The number of ether oxygens (including phenoxy) is 1. The maximum absolute atomic E-state index is 6.31. The maximum atomic E-state index is 6.31. The van der Waals surface area contributed by atoms with Gasteiger partial charge in [0.25, 0.3) is 0 Å². The molecule has 37 heavy (non-hydrogen) atoms. The molecule has 0 amide bonds. The molecule has 1 N–H and O–H groups in total. The van der Waals surface area contributed by atoms with E-state index >= 15 is 0 Å². The molecule has 0 aliphatic carbocycles. The third-order valence-electron chi connectivity index (χ3n) is 6.55. The predicted octanol–water partition coefficient (Wildman–Crippen LogP) is 6.56. The molecule has 0 bridgehead atoms. The number of halogens is 2. The molecule has 5 aromatic rings. The van der Waals surface area contributed by atoms with Crippen LogP contribution in [0.4, 0.5) is 23.1 Å². The summed E-state index contributed by atoms with van der Waals surface area (Å²) in [4.78, 5) is 18.8. The topological polar surface area (TPSA) is 66.4 Å². The number of rotatable bonds is 5. The van der Waals surface area contributed by atoms with E-state index < -0.39 is 0 Å². The SMILES string of the molecule is COc1ccc2nc3cc(Cl)ccc3c(N3CCN(c4nccc(Nc5ccc(Cl)cc5)n4)CC3)c2c1. The van der Waals surface area contributed by atoms with E-state index in [4.69, 9.17) is 37.9 Å². The van der Waals surface area contributed by atoms with Crippen LogP contribution in [-0.2, 0) is 0 Å². The number of nitrogens with one attached hydrogen (secondary N) is 1. The first kappa shape index (κ1) is 23.6. The van der Waals surface area contributed by atoms with Crippen molar-refractivity contribution in [3.8, 4) is 5.75 Å². The van der Waals surface area contributed by atoms with E-state index in [9.17, 15) is 0 Å². The lowest BCUT2D eigenvalue weighted by Gasteiger charge is -2.37. The van der Waals surface area contributed by atoms with Gasteiger partial charge in [-0.05, 0) is 66.7 Å². The van der Waals surface area contributed by atoms with Crippen molar-refractivity contribution in [3.05, 3.63) is 83.0 Å². The lowest BCUT2D eigenvalue weighted by atomic mass is 10.1. The number of methoxy groups -OCH3 is 1. The molecule has 1 fully saturated rings. The average molecular weight is 531 g/mol. The van der Waals surface area contributed by atoms with Gasteiger partial charge in [0.15, 0.2) is 0 Å². The zero-order valence-electron chi connectivity index (χ0n) is 20.2. The summed E-state index contributed by atoms with van der Waals surface area (Å²) < 4.78 is 5.53. The van der Waals surface area contributed by atoms with Crippen LogP contribution in [0.25, 0.3) is 21.8 Å². The Bertz CT molecular complexity index is 1590. The summed E-state index contributed by atoms with van der Waals surface area (Å²) in [5, 5.41) is 6.83. The van der Waals surface area contributed by atoms with Gasteiger partial charge in [-0.1, -0.05) is 23.2 Å². The summed E-state index contributed by atoms with van der Waals surface area (Å²) in [6.45, 7) is 3.19. The van der Waals surface area contributed by atoms with Crippen molar-refractivity contribution in [2.75, 3.05) is 48.4 Å². The number of fused-ring (bicyclic) bond motifs is 2. The van der Waals surface area contributed by atoms with Crippen LogP contribution in [0.15, 0.2) is 72.9 Å². The van der Waals surface area contributed by atoms with Crippen molar-refractivity contribution in [2.45, 2.75) is 0 Å². The summed E-state index contributed by atoms with van der Waals surface area (Å²) in [7, 11) is 1.68. The fourth-order valence-electron chi connectivity index (χ4n) is 4.72. The van der Waals surface area contributed by atoms with Crippen LogP contribution in [0, 0.1) is 0 Å². The van der Waals surface area contributed by atoms with Gasteiger partial charge in [0.1, 0.15) is 11.6 Å². The first-order valence-corrected chi connectivity index (χ1v) is 12.8. The number of piperazine rings is 1. The van der Waals surface area contributed by atoms with Crippen molar-refractivity contribution in [3.63, 3.8) is 0 Å². The summed E-state index contributed by atoms with van der Waals surface area (Å²) in [5.74, 6) is 2.25. The van der Waals surface area contributed by atoms with E-state index in [1.807, 2.05) is 54.6 Å². The van der Waals surface area contributed by atoms with Crippen LogP contribution < -0.4 is 19.9 Å². The Labute approximate surface area is 224 Å². The summed E-state index contributed by atoms with van der Waals surface area (Å²) >= 11 is 12.3. The first-order valence-electron chi connectivity index (χ1n) is 12.0. The lowest BCUT2D eigenvalue weighted by Crippen LogP contribution is -2.47. The minimum absolute atomic E-state index is 0.674. The predicted molar refractivity (Wildman–Crippen MR) is 152 cm³/mol. The molecular weight excluding hydrogens is 507 g/mol. The zero-order valence-corrected chi connectivity index (χ0v) is 21.7. The second-order valence-electron chi connectivity index (χ2n) is 8.85. The van der Waals surface area contributed by atoms with Crippen molar-refractivity contribution in [1.82, 2.24) is 15.0 Å². The molecule has 1 aliphatic rings. The van der Waals surface area contributed by atoms with Gasteiger partial charge in [0.2, 0.25) is 5.95 Å². The summed E-state index contributed by atoms with van der Waals surface area (Å²) in [6, 6.07) is 21.3. The largest absolute Gasteiger partial charge is 0.497 e. The number of aromatic nitrogens is 3. The molecule has 7 nitrogen and oxygen atoms in total. The Morgan fingerprint density at radius 1 is 0.757 bits per heavy atom. The van der Waals surface area contributed by atoms with Crippen LogP contribution in [-0.4, -0.2) is 48.2 Å². The highest BCUT2D eigenvalue weighted by molar-refractivity contribution is 6.31. The molecule has 3 aromatic carbocycles. The molecular formula is C28H24Cl2N6O. The number of pyridine rings is 1. The van der Waals surface area contributed by atoms with E-state index in [0.717, 1.165) is 70.9 Å². The van der Waals surface area contributed by atoms with Crippen LogP contribution in [0.5, 0.6) is 5.75 Å². The Morgan fingerprint density at radius 3 is 2.30 bits per heavy atom.